The summed E-state index contributed by atoms with van der Waals surface area (Å²) >= 11 is 3.27. The molecule has 0 unspecified atom stereocenters. The van der Waals surface area contributed by atoms with Crippen LogP contribution in [0.25, 0.3) is 0 Å². The predicted molar refractivity (Wildman–Crippen MR) is 70.4 cm³/mol. The fourth-order valence-corrected chi connectivity index (χ4v) is 1.95. The molecule has 0 aliphatic carbocycles. The van der Waals surface area contributed by atoms with Crippen molar-refractivity contribution >= 4 is 21.6 Å². The molecule has 18 heavy (non-hydrogen) atoms. The third kappa shape index (κ3) is 2.61. The van der Waals surface area contributed by atoms with Gasteiger partial charge in [0.25, 0.3) is 5.56 Å². The summed E-state index contributed by atoms with van der Waals surface area (Å²) < 4.78 is 6.82. The van der Waals surface area contributed by atoms with E-state index in [2.05, 4.69) is 31.5 Å². The molecule has 0 radical (unpaired) electrons. The highest BCUT2D eigenvalue weighted by Gasteiger charge is 2.08. The van der Waals surface area contributed by atoms with Crippen LogP contribution in [0.5, 0.6) is 0 Å². The maximum absolute atomic E-state index is 11.8. The molecular weight excluding hydrogens is 300 g/mol. The van der Waals surface area contributed by atoms with E-state index in [9.17, 15) is 4.79 Å². The molecule has 0 aliphatic heterocycles. The maximum atomic E-state index is 11.8. The summed E-state index contributed by atoms with van der Waals surface area (Å²) in [5.41, 5.74) is 1.27. The number of nitrogens with one attached hydrogen (secondary N) is 1. The molecule has 0 saturated carbocycles. The number of anilines is 1. The Labute approximate surface area is 112 Å². The lowest BCUT2D eigenvalue weighted by molar-refractivity contribution is 0.391. The Kier molecular flexibility index (Phi) is 3.81. The summed E-state index contributed by atoms with van der Waals surface area (Å²) in [4.78, 5) is 11.8. The van der Waals surface area contributed by atoms with Crippen molar-refractivity contribution in [2.75, 3.05) is 5.32 Å². The van der Waals surface area contributed by atoms with Crippen LogP contribution in [0.3, 0.4) is 0 Å². The largest absolute Gasteiger partial charge is 0.377 e. The van der Waals surface area contributed by atoms with E-state index < -0.39 is 0 Å². The Balaban J connectivity index is 2.15. The van der Waals surface area contributed by atoms with Crippen LogP contribution in [-0.2, 0) is 13.1 Å². The molecular formula is C11H13BrN4O2. The van der Waals surface area contributed by atoms with Crippen LogP contribution in [0.15, 0.2) is 26.1 Å². The molecule has 0 saturated heterocycles. The second kappa shape index (κ2) is 5.34. The number of hydrogen-bond donors (Lipinski definition) is 1. The minimum Gasteiger partial charge on any atom is -0.377 e. The SMILES string of the molecule is CCn1ncc(NCc2cc(C)on2)c(Br)c1=O. The zero-order valence-corrected chi connectivity index (χ0v) is 11.7. The quantitative estimate of drug-likeness (QED) is 0.934. The first-order valence-corrected chi connectivity index (χ1v) is 6.32. The van der Waals surface area contributed by atoms with Gasteiger partial charge in [-0.3, -0.25) is 4.79 Å². The molecule has 2 heterocycles. The molecule has 6 nitrogen and oxygen atoms in total. The van der Waals surface area contributed by atoms with Crippen molar-refractivity contribution in [3.05, 3.63) is 38.5 Å². The number of aryl methyl sites for hydroxylation is 2. The van der Waals surface area contributed by atoms with E-state index in [1.54, 1.807) is 6.20 Å². The molecule has 7 heteroatoms. The van der Waals surface area contributed by atoms with E-state index >= 15 is 0 Å². The molecule has 0 bridgehead atoms. The number of halogens is 1. The molecule has 96 valence electrons. The zero-order valence-electron chi connectivity index (χ0n) is 10.1. The van der Waals surface area contributed by atoms with Gasteiger partial charge in [0.15, 0.2) is 0 Å². The molecule has 2 rings (SSSR count). The molecule has 2 aromatic heterocycles. The van der Waals surface area contributed by atoms with Crippen LogP contribution < -0.4 is 10.9 Å². The Morgan fingerprint density at radius 1 is 1.56 bits per heavy atom. The first-order chi connectivity index (χ1) is 8.61. The third-order valence-electron chi connectivity index (χ3n) is 2.42. The second-order valence-corrected chi connectivity index (χ2v) is 4.57. The van der Waals surface area contributed by atoms with Crippen LogP contribution in [-0.4, -0.2) is 14.9 Å². The highest BCUT2D eigenvalue weighted by Crippen LogP contribution is 2.17. The third-order valence-corrected chi connectivity index (χ3v) is 3.19. The van der Waals surface area contributed by atoms with Gasteiger partial charge in [-0.1, -0.05) is 5.16 Å². The summed E-state index contributed by atoms with van der Waals surface area (Å²) in [5.74, 6) is 0.755. The zero-order chi connectivity index (χ0) is 13.1. The molecule has 2 aromatic rings. The predicted octanol–water partition coefficient (Wildman–Crippen LogP) is 1.93. The molecule has 0 aliphatic rings. The second-order valence-electron chi connectivity index (χ2n) is 3.78. The molecule has 1 N–H and O–H groups in total. The van der Waals surface area contributed by atoms with E-state index in [0.717, 1.165) is 11.5 Å². The smallest absolute Gasteiger partial charge is 0.283 e. The highest BCUT2D eigenvalue weighted by molar-refractivity contribution is 9.10. The van der Waals surface area contributed by atoms with Gasteiger partial charge in [0.2, 0.25) is 0 Å². The Morgan fingerprint density at radius 2 is 2.33 bits per heavy atom. The van der Waals surface area contributed by atoms with Gasteiger partial charge in [-0.05, 0) is 29.8 Å². The van der Waals surface area contributed by atoms with Gasteiger partial charge < -0.3 is 9.84 Å². The van der Waals surface area contributed by atoms with Gasteiger partial charge in [-0.25, -0.2) is 4.68 Å². The van der Waals surface area contributed by atoms with Crippen molar-refractivity contribution in [3.63, 3.8) is 0 Å². The highest BCUT2D eigenvalue weighted by atomic mass is 79.9. The van der Waals surface area contributed by atoms with E-state index in [1.165, 1.54) is 4.68 Å². The monoisotopic (exact) mass is 312 g/mol. The summed E-state index contributed by atoms with van der Waals surface area (Å²) in [6, 6.07) is 1.83. The van der Waals surface area contributed by atoms with Gasteiger partial charge in [0.1, 0.15) is 15.9 Å². The van der Waals surface area contributed by atoms with Gasteiger partial charge in [0.05, 0.1) is 18.4 Å². The van der Waals surface area contributed by atoms with Crippen LogP contribution in [0.1, 0.15) is 18.4 Å². The minimum atomic E-state index is -0.154. The molecule has 0 aromatic carbocycles. The van der Waals surface area contributed by atoms with Crippen LogP contribution in [0.4, 0.5) is 5.69 Å². The van der Waals surface area contributed by atoms with Crippen molar-refractivity contribution in [1.82, 2.24) is 14.9 Å². The van der Waals surface area contributed by atoms with Crippen molar-refractivity contribution < 1.29 is 4.52 Å². The average molecular weight is 313 g/mol. The number of rotatable bonds is 4. The van der Waals surface area contributed by atoms with Crippen molar-refractivity contribution in [2.24, 2.45) is 0 Å². The molecule has 0 atom stereocenters. The topological polar surface area (TPSA) is 73.0 Å². The summed E-state index contributed by atoms with van der Waals surface area (Å²) in [6.45, 7) is 4.72. The van der Waals surface area contributed by atoms with Gasteiger partial charge in [-0.15, -0.1) is 0 Å². The van der Waals surface area contributed by atoms with E-state index in [0.29, 0.717) is 23.2 Å². The van der Waals surface area contributed by atoms with E-state index in [-0.39, 0.29) is 5.56 Å². The first kappa shape index (κ1) is 12.8. The number of nitrogens with zero attached hydrogens (tertiary/aromatic N) is 3. The Hall–Kier alpha value is -1.63. The molecule has 0 amide bonds. The van der Waals surface area contributed by atoms with Gasteiger partial charge in [-0.2, -0.15) is 5.10 Å². The van der Waals surface area contributed by atoms with Crippen LogP contribution in [0, 0.1) is 6.92 Å². The summed E-state index contributed by atoms with van der Waals surface area (Å²) in [6.07, 6.45) is 1.61. The van der Waals surface area contributed by atoms with Crippen molar-refractivity contribution in [1.29, 1.82) is 0 Å². The normalized spacial score (nSPS) is 10.6. The Bertz CT molecular complexity index is 605. The lowest BCUT2D eigenvalue weighted by Gasteiger charge is -2.07. The minimum absolute atomic E-state index is 0.154. The number of hydrogen-bond acceptors (Lipinski definition) is 5. The summed E-state index contributed by atoms with van der Waals surface area (Å²) in [7, 11) is 0. The van der Waals surface area contributed by atoms with Crippen LogP contribution in [0.2, 0.25) is 0 Å². The molecule has 0 fully saturated rings. The fourth-order valence-electron chi connectivity index (χ4n) is 1.50. The van der Waals surface area contributed by atoms with Gasteiger partial charge >= 0.3 is 0 Å². The average Bonchev–Trinajstić information content (AvgIpc) is 2.77. The van der Waals surface area contributed by atoms with Crippen LogP contribution >= 0.6 is 15.9 Å². The van der Waals surface area contributed by atoms with Crippen molar-refractivity contribution in [2.45, 2.75) is 26.9 Å². The number of aromatic nitrogens is 3. The fraction of sp³-hybridized carbons (Fsp3) is 0.364. The lowest BCUT2D eigenvalue weighted by atomic mass is 10.3. The van der Waals surface area contributed by atoms with E-state index in [1.807, 2.05) is 19.9 Å². The lowest BCUT2D eigenvalue weighted by Crippen LogP contribution is -2.23. The first-order valence-electron chi connectivity index (χ1n) is 5.53. The van der Waals surface area contributed by atoms with E-state index in [4.69, 9.17) is 4.52 Å². The van der Waals surface area contributed by atoms with Crippen molar-refractivity contribution in [3.8, 4) is 0 Å². The Morgan fingerprint density at radius 3 is 2.94 bits per heavy atom. The van der Waals surface area contributed by atoms with Gasteiger partial charge in [0, 0.05) is 12.6 Å². The standard InChI is InChI=1S/C11H13BrN4O2/c1-3-16-11(17)10(12)9(6-14-16)13-5-8-4-7(2)18-15-8/h4,6,13H,3,5H2,1-2H3. The summed E-state index contributed by atoms with van der Waals surface area (Å²) in [5, 5.41) is 11.0. The maximum Gasteiger partial charge on any atom is 0.283 e. The molecule has 0 spiro atoms.